The molecule has 3 aliphatic rings. The van der Waals surface area contributed by atoms with Gasteiger partial charge in [-0.2, -0.15) is 0 Å². The molecule has 0 radical (unpaired) electrons. The van der Waals surface area contributed by atoms with Crippen LogP contribution < -0.4 is 5.32 Å². The first-order chi connectivity index (χ1) is 30.5. The zero-order valence-corrected chi connectivity index (χ0v) is 39.0. The van der Waals surface area contributed by atoms with Crippen LogP contribution in [0.2, 0.25) is 0 Å². The lowest BCUT2D eigenvalue weighted by atomic mass is 9.84. The fraction of sp³-hybridized carbons (Fsp3) is 0.521. The van der Waals surface area contributed by atoms with Crippen molar-refractivity contribution in [3.8, 4) is 22.5 Å². The number of pyridine rings is 1. The molecule has 0 spiro atoms. The molecule has 5 atom stereocenters. The molecule has 1 aromatic carbocycles. The number of likely N-dealkylation sites (N-methyl/N-ethyl adjacent to an activating group) is 1. The summed E-state index contributed by atoms with van der Waals surface area (Å²) in [4.78, 5) is 87.8. The number of likely N-dealkylation sites (tertiary alicyclic amines) is 1. The van der Waals surface area contributed by atoms with E-state index in [1.54, 1.807) is 25.3 Å². The Kier molecular flexibility index (Phi) is 14.1. The maximum atomic E-state index is 14.5. The molecule has 4 amide bonds. The molecule has 7 rings (SSSR count). The summed E-state index contributed by atoms with van der Waals surface area (Å²) in [5.74, 6) is -2.93. The van der Waals surface area contributed by atoms with Crippen LogP contribution in [0.1, 0.15) is 83.2 Å². The number of thiazole rings is 1. The van der Waals surface area contributed by atoms with Crippen molar-refractivity contribution >= 4 is 51.8 Å². The number of benzene rings is 1. The number of hydrogen-bond acceptors (Lipinski definition) is 11. The lowest BCUT2D eigenvalue weighted by Gasteiger charge is -2.35. The molecular formula is C48H61N7O8S. The minimum absolute atomic E-state index is 0.0352. The zero-order chi connectivity index (χ0) is 46.0. The van der Waals surface area contributed by atoms with Crippen LogP contribution in [0.3, 0.4) is 0 Å². The van der Waals surface area contributed by atoms with E-state index in [0.29, 0.717) is 43.8 Å². The van der Waals surface area contributed by atoms with Gasteiger partial charge in [0.2, 0.25) is 17.7 Å². The largest absolute Gasteiger partial charge is 0.463 e. The Hall–Kier alpha value is -5.45. The molecular weight excluding hydrogens is 835 g/mol. The molecule has 15 nitrogen and oxygen atoms in total. The van der Waals surface area contributed by atoms with Crippen molar-refractivity contribution in [3.63, 3.8) is 0 Å². The van der Waals surface area contributed by atoms with Crippen LogP contribution in [0.4, 0.5) is 0 Å². The molecule has 2 saturated heterocycles. The molecule has 16 heteroatoms. The molecule has 64 heavy (non-hydrogen) atoms. The van der Waals surface area contributed by atoms with Gasteiger partial charge in [-0.15, -0.1) is 11.3 Å². The number of carbonyl (C=O) groups excluding carboxylic acids is 5. The van der Waals surface area contributed by atoms with Crippen molar-refractivity contribution in [1.29, 1.82) is 0 Å². The summed E-state index contributed by atoms with van der Waals surface area (Å²) in [6.07, 6.45) is 3.61. The molecule has 3 aromatic heterocycles. The van der Waals surface area contributed by atoms with Gasteiger partial charge in [-0.1, -0.05) is 40.3 Å². The number of methoxy groups -OCH3 is 1. The number of hydroxylamine groups is 2. The van der Waals surface area contributed by atoms with Crippen LogP contribution in [-0.4, -0.2) is 118 Å². The second-order valence-corrected chi connectivity index (χ2v) is 19.2. The predicted molar refractivity (Wildman–Crippen MR) is 244 cm³/mol. The monoisotopic (exact) mass is 895 g/mol. The van der Waals surface area contributed by atoms with E-state index >= 15 is 0 Å². The Bertz CT molecular complexity index is 2420. The summed E-state index contributed by atoms with van der Waals surface area (Å²) >= 11 is 1.38. The highest BCUT2D eigenvalue weighted by Gasteiger charge is 2.41. The summed E-state index contributed by atoms with van der Waals surface area (Å²) < 4.78 is 14.1. The van der Waals surface area contributed by atoms with E-state index < -0.39 is 47.3 Å². The van der Waals surface area contributed by atoms with E-state index in [2.05, 4.69) is 61.5 Å². The number of carbonyl (C=O) groups is 5. The smallest absolute Gasteiger partial charge is 0.338 e. The number of amides is 4. The van der Waals surface area contributed by atoms with Gasteiger partial charge in [0, 0.05) is 85.8 Å². The van der Waals surface area contributed by atoms with Gasteiger partial charge in [-0.25, -0.2) is 14.8 Å². The minimum atomic E-state index is -1.14. The Morgan fingerprint density at radius 2 is 1.92 bits per heavy atom. The zero-order valence-electron chi connectivity index (χ0n) is 38.2. The summed E-state index contributed by atoms with van der Waals surface area (Å²) in [5.41, 5.74) is 6.00. The minimum Gasteiger partial charge on any atom is -0.463 e. The van der Waals surface area contributed by atoms with E-state index in [0.717, 1.165) is 44.7 Å². The van der Waals surface area contributed by atoms with Gasteiger partial charge in [-0.3, -0.25) is 29.0 Å². The third-order valence-corrected chi connectivity index (χ3v) is 13.6. The number of nitrogens with one attached hydrogen (secondary N) is 1. The number of nitrogens with zero attached hydrogens (tertiary/aromatic N) is 6. The van der Waals surface area contributed by atoms with Crippen molar-refractivity contribution in [2.24, 2.45) is 17.3 Å². The van der Waals surface area contributed by atoms with Crippen LogP contribution in [0.15, 0.2) is 54.6 Å². The molecule has 2 fully saturated rings. The number of hydrogen-bond donors (Lipinski definition) is 1. The Morgan fingerprint density at radius 1 is 1.14 bits per heavy atom. The van der Waals surface area contributed by atoms with E-state index in [1.165, 1.54) is 27.4 Å². The molecule has 0 saturated carbocycles. The summed E-state index contributed by atoms with van der Waals surface area (Å²) in [7, 11) is 3.26. The standard InChI is InChI=1S/C48H61N7O8S/c1-10-40(56)53-21-18-31(25-53)45(58)52(8)42(28(3)4)44(57)51-35-23-39-50-36(26-64-39)30-16-17-37-33(22-30)34(43(54(37)11-2)32-14-12-19-49-41(32)29(5)61-9)24-48(6,7)27-62-47(60)38-15-13-20-55(63-38)46(35)59/h10,12,14,16-17,19,22,26,28-29,31,35,38,42H,1,11,13,15,18,20-21,23-25,27H2,2-9H3,(H,51,57)/t29-,31?,35-,38-,42?/m0/s1. The van der Waals surface area contributed by atoms with Crippen LogP contribution in [0.25, 0.3) is 33.4 Å². The average Bonchev–Trinajstić information content (AvgIpc) is 4.05. The molecule has 6 heterocycles. The first-order valence-corrected chi connectivity index (χ1v) is 23.1. The van der Waals surface area contributed by atoms with Gasteiger partial charge in [0.15, 0.2) is 6.10 Å². The third kappa shape index (κ3) is 9.50. The molecule has 342 valence electrons. The highest BCUT2D eigenvalue weighted by atomic mass is 32.1. The number of aryl methyl sites for hydroxylation is 1. The third-order valence-electron chi connectivity index (χ3n) is 12.7. The number of cyclic esters (lactones) is 1. The lowest BCUT2D eigenvalue weighted by Crippen LogP contribution is -2.58. The molecule has 1 N–H and O–H groups in total. The summed E-state index contributed by atoms with van der Waals surface area (Å²) in [6.45, 7) is 17.1. The second-order valence-electron chi connectivity index (χ2n) is 18.2. The summed E-state index contributed by atoms with van der Waals surface area (Å²) in [5, 5.41) is 7.74. The highest BCUT2D eigenvalue weighted by Crippen LogP contribution is 2.42. The molecule has 3 aliphatic heterocycles. The van der Waals surface area contributed by atoms with E-state index in [1.807, 2.05) is 32.2 Å². The molecule has 4 aromatic rings. The van der Waals surface area contributed by atoms with Crippen molar-refractivity contribution in [2.45, 2.75) is 104 Å². The van der Waals surface area contributed by atoms with Gasteiger partial charge >= 0.3 is 5.97 Å². The number of esters is 1. The highest BCUT2D eigenvalue weighted by molar-refractivity contribution is 7.10. The SMILES string of the molecule is C=CC(=O)N1CCC(C(=O)N(C)C(C(=O)N[C@H]2Cc3nc(cs3)-c3ccc4c(c3)c(c(-c3cccnc3[C@H](C)OC)n4CC)CC(C)(C)COC(=O)[C@@H]3CCCN(O3)C2=O)C(C)C)C1. The normalized spacial score (nSPS) is 21.3. The van der Waals surface area contributed by atoms with Crippen molar-refractivity contribution in [3.05, 3.63) is 70.8 Å². The summed E-state index contributed by atoms with van der Waals surface area (Å²) in [6, 6.07) is 8.27. The first kappa shape index (κ1) is 46.5. The van der Waals surface area contributed by atoms with E-state index in [4.69, 9.17) is 24.3 Å². The Balaban J connectivity index is 1.27. The number of rotatable bonds is 10. The van der Waals surface area contributed by atoms with E-state index in [-0.39, 0.29) is 50.0 Å². The molecule has 0 aliphatic carbocycles. The van der Waals surface area contributed by atoms with Crippen LogP contribution in [0, 0.1) is 17.3 Å². The predicted octanol–water partition coefficient (Wildman–Crippen LogP) is 6.15. The average molecular weight is 896 g/mol. The number of fused-ring (bicyclic) bond motifs is 6. The van der Waals surface area contributed by atoms with Crippen molar-refractivity contribution in [1.82, 2.24) is 34.7 Å². The van der Waals surface area contributed by atoms with Crippen molar-refractivity contribution in [2.75, 3.05) is 40.4 Å². The topological polar surface area (TPSA) is 166 Å². The Labute approximate surface area is 379 Å². The van der Waals surface area contributed by atoms with Crippen LogP contribution in [0.5, 0.6) is 0 Å². The fourth-order valence-corrected chi connectivity index (χ4v) is 10.2. The van der Waals surface area contributed by atoms with Gasteiger partial charge in [0.25, 0.3) is 5.91 Å². The number of ether oxygens (including phenoxy) is 2. The first-order valence-electron chi connectivity index (χ1n) is 22.3. The van der Waals surface area contributed by atoms with Crippen LogP contribution >= 0.6 is 11.3 Å². The maximum absolute atomic E-state index is 14.5. The molecule has 2 unspecified atom stereocenters. The van der Waals surface area contributed by atoms with Gasteiger partial charge in [-0.05, 0) is 81.4 Å². The fourth-order valence-electron chi connectivity index (χ4n) is 9.33. The quantitative estimate of drug-likeness (QED) is 0.144. The second kappa shape index (κ2) is 19.3. The Morgan fingerprint density at radius 3 is 2.64 bits per heavy atom. The lowest BCUT2D eigenvalue weighted by molar-refractivity contribution is -0.231. The van der Waals surface area contributed by atoms with Gasteiger partial charge in [0.05, 0.1) is 40.7 Å². The maximum Gasteiger partial charge on any atom is 0.338 e. The van der Waals surface area contributed by atoms with Crippen molar-refractivity contribution < 1.29 is 38.3 Å². The number of aromatic nitrogens is 3. The molecule has 6 bridgehead atoms. The van der Waals surface area contributed by atoms with Gasteiger partial charge in [0.1, 0.15) is 12.1 Å². The van der Waals surface area contributed by atoms with E-state index in [9.17, 15) is 24.0 Å². The van der Waals surface area contributed by atoms with Crippen LogP contribution in [-0.2, 0) is 57.7 Å². The van der Waals surface area contributed by atoms with Gasteiger partial charge < -0.3 is 29.2 Å².